The van der Waals surface area contributed by atoms with Gasteiger partial charge in [0.15, 0.2) is 5.15 Å². The molecule has 0 aromatic carbocycles. The van der Waals surface area contributed by atoms with E-state index in [9.17, 15) is 13.2 Å². The Morgan fingerprint density at radius 1 is 1.33 bits per heavy atom. The molecule has 3 nitrogen and oxygen atoms in total. The quantitative estimate of drug-likeness (QED) is 0.734. The number of halogens is 4. The third kappa shape index (κ3) is 2.35. The van der Waals surface area contributed by atoms with E-state index in [1.54, 1.807) is 0 Å². The van der Waals surface area contributed by atoms with Crippen molar-refractivity contribution >= 4 is 33.3 Å². The summed E-state index contributed by atoms with van der Waals surface area (Å²) in [6, 6.07) is 0. The number of nitrogens with zero attached hydrogens (tertiary/aromatic N) is 3. The second-order valence-corrected chi connectivity index (χ2v) is 4.14. The number of thiazole rings is 1. The van der Waals surface area contributed by atoms with E-state index in [4.69, 9.17) is 11.6 Å². The number of aromatic nitrogens is 3. The highest BCUT2D eigenvalue weighted by molar-refractivity contribution is 7.18. The van der Waals surface area contributed by atoms with Crippen LogP contribution in [0.1, 0.15) is 5.01 Å². The Morgan fingerprint density at radius 3 is 2.67 bits per heavy atom. The number of hydrogen-bond donors (Lipinski definition) is 0. The minimum Gasteiger partial charge on any atom is -0.236 e. The average molecular weight is 254 g/mol. The van der Waals surface area contributed by atoms with Crippen LogP contribution in [-0.4, -0.2) is 21.1 Å². The van der Waals surface area contributed by atoms with Crippen LogP contribution in [0.4, 0.5) is 13.2 Å². The summed E-state index contributed by atoms with van der Waals surface area (Å²) in [6.07, 6.45) is -4.14. The van der Waals surface area contributed by atoms with Crippen LogP contribution in [0.3, 0.4) is 0 Å². The molecule has 2 aromatic rings. The first kappa shape index (κ1) is 10.6. The fourth-order valence-electron chi connectivity index (χ4n) is 1.02. The molecule has 2 heterocycles. The third-order valence-corrected chi connectivity index (χ3v) is 2.79. The molecule has 2 rings (SSSR count). The molecule has 0 radical (unpaired) electrons. The van der Waals surface area contributed by atoms with Crippen molar-refractivity contribution in [2.75, 3.05) is 0 Å². The van der Waals surface area contributed by atoms with Gasteiger partial charge in [-0.3, -0.25) is 0 Å². The maximum absolute atomic E-state index is 12.1. The van der Waals surface area contributed by atoms with Crippen molar-refractivity contribution in [3.8, 4) is 0 Å². The molecule has 0 saturated heterocycles. The van der Waals surface area contributed by atoms with Crippen molar-refractivity contribution in [2.45, 2.75) is 12.6 Å². The minimum atomic E-state index is -4.27. The number of rotatable bonds is 1. The van der Waals surface area contributed by atoms with Gasteiger partial charge in [0.25, 0.3) is 0 Å². The molecule has 8 heteroatoms. The van der Waals surface area contributed by atoms with Gasteiger partial charge in [-0.25, -0.2) is 15.0 Å². The number of alkyl halides is 3. The first-order chi connectivity index (χ1) is 6.96. The molecule has 0 aliphatic rings. The van der Waals surface area contributed by atoms with Crippen LogP contribution in [-0.2, 0) is 6.42 Å². The molecule has 0 unspecified atom stereocenters. The lowest BCUT2D eigenvalue weighted by Crippen LogP contribution is -2.10. The van der Waals surface area contributed by atoms with E-state index in [0.29, 0.717) is 4.83 Å². The molecule has 0 amide bonds. The molecule has 0 fully saturated rings. The molecule has 0 atom stereocenters. The standard InChI is InChI=1S/C7H3ClF3N3S/c8-5-4-6(13-2-12-5)15-3(14-4)1-7(9,10)11/h2H,1H2. The second kappa shape index (κ2) is 3.57. The topological polar surface area (TPSA) is 38.7 Å². The molecular weight excluding hydrogens is 251 g/mol. The molecule has 15 heavy (non-hydrogen) atoms. The first-order valence-electron chi connectivity index (χ1n) is 3.78. The Hall–Kier alpha value is -0.950. The van der Waals surface area contributed by atoms with Crippen molar-refractivity contribution in [3.63, 3.8) is 0 Å². The van der Waals surface area contributed by atoms with Gasteiger partial charge in [0.2, 0.25) is 0 Å². The molecule has 0 N–H and O–H groups in total. The highest BCUT2D eigenvalue weighted by atomic mass is 35.5. The summed E-state index contributed by atoms with van der Waals surface area (Å²) in [5.74, 6) is 0. The third-order valence-electron chi connectivity index (χ3n) is 1.55. The van der Waals surface area contributed by atoms with E-state index in [2.05, 4.69) is 15.0 Å². The zero-order valence-electron chi connectivity index (χ0n) is 7.05. The molecule has 0 bridgehead atoms. The van der Waals surface area contributed by atoms with Gasteiger partial charge in [-0.15, -0.1) is 0 Å². The number of hydrogen-bond acceptors (Lipinski definition) is 4. The largest absolute Gasteiger partial charge is 0.395 e. The Morgan fingerprint density at radius 2 is 2.07 bits per heavy atom. The smallest absolute Gasteiger partial charge is 0.236 e. The van der Waals surface area contributed by atoms with Gasteiger partial charge in [0, 0.05) is 0 Å². The van der Waals surface area contributed by atoms with Gasteiger partial charge in [-0.1, -0.05) is 22.9 Å². The molecule has 0 spiro atoms. The Kier molecular flexibility index (Phi) is 2.51. The average Bonchev–Trinajstić information content (AvgIpc) is 2.45. The summed E-state index contributed by atoms with van der Waals surface area (Å²) in [5.41, 5.74) is 0.225. The van der Waals surface area contributed by atoms with Crippen LogP contribution in [0.25, 0.3) is 10.3 Å². The van der Waals surface area contributed by atoms with Crippen LogP contribution in [0.5, 0.6) is 0 Å². The minimum absolute atomic E-state index is 0.0556. The molecular formula is C7H3ClF3N3S. The van der Waals surface area contributed by atoms with Crippen LogP contribution in [0.2, 0.25) is 5.15 Å². The predicted molar refractivity (Wildman–Crippen MR) is 50.0 cm³/mol. The summed E-state index contributed by atoms with van der Waals surface area (Å²) in [6.45, 7) is 0. The summed E-state index contributed by atoms with van der Waals surface area (Å²) < 4.78 is 36.2. The lowest BCUT2D eigenvalue weighted by atomic mass is 10.4. The molecule has 0 aliphatic carbocycles. The van der Waals surface area contributed by atoms with Gasteiger partial charge >= 0.3 is 6.18 Å². The van der Waals surface area contributed by atoms with Crippen molar-refractivity contribution in [1.29, 1.82) is 0 Å². The molecule has 0 saturated carbocycles. The predicted octanol–water partition coefficient (Wildman–Crippen LogP) is 2.84. The van der Waals surface area contributed by atoms with E-state index in [1.807, 2.05) is 0 Å². The zero-order valence-corrected chi connectivity index (χ0v) is 8.62. The van der Waals surface area contributed by atoms with E-state index in [1.165, 1.54) is 6.33 Å². The second-order valence-electron chi connectivity index (χ2n) is 2.72. The van der Waals surface area contributed by atoms with Crippen molar-refractivity contribution in [2.24, 2.45) is 0 Å². The van der Waals surface area contributed by atoms with Crippen molar-refractivity contribution in [3.05, 3.63) is 16.5 Å². The normalized spacial score (nSPS) is 12.3. The Bertz CT molecular complexity index is 496. The number of fused-ring (bicyclic) bond motifs is 1. The van der Waals surface area contributed by atoms with E-state index in [0.717, 1.165) is 11.3 Å². The fraction of sp³-hybridized carbons (Fsp3) is 0.286. The lowest BCUT2D eigenvalue weighted by molar-refractivity contribution is -0.127. The van der Waals surface area contributed by atoms with Gasteiger partial charge in [0.05, 0.1) is 6.42 Å². The van der Waals surface area contributed by atoms with Gasteiger partial charge in [-0.05, 0) is 0 Å². The zero-order chi connectivity index (χ0) is 11.1. The van der Waals surface area contributed by atoms with Gasteiger partial charge < -0.3 is 0 Å². The van der Waals surface area contributed by atoms with E-state index in [-0.39, 0.29) is 15.7 Å². The van der Waals surface area contributed by atoms with Crippen LogP contribution in [0, 0.1) is 0 Å². The SMILES string of the molecule is FC(F)(F)Cc1nc2c(Cl)ncnc2s1. The first-order valence-corrected chi connectivity index (χ1v) is 4.98. The van der Waals surface area contributed by atoms with Crippen LogP contribution < -0.4 is 0 Å². The van der Waals surface area contributed by atoms with Gasteiger partial charge in [0.1, 0.15) is 21.7 Å². The molecule has 80 valence electrons. The summed E-state index contributed by atoms with van der Waals surface area (Å²) in [7, 11) is 0. The maximum Gasteiger partial charge on any atom is 0.395 e. The fourth-order valence-corrected chi connectivity index (χ4v) is 2.18. The van der Waals surface area contributed by atoms with Crippen LogP contribution >= 0.6 is 22.9 Å². The maximum atomic E-state index is 12.1. The molecule has 2 aromatic heterocycles. The van der Waals surface area contributed by atoms with Crippen molar-refractivity contribution in [1.82, 2.24) is 15.0 Å². The summed E-state index contributed by atoms with van der Waals surface area (Å²) in [5, 5.41) is 0.0181. The monoisotopic (exact) mass is 253 g/mol. The Balaban J connectivity index is 2.44. The van der Waals surface area contributed by atoms with E-state index >= 15 is 0 Å². The highest BCUT2D eigenvalue weighted by Gasteiger charge is 2.29. The summed E-state index contributed by atoms with van der Waals surface area (Å²) in [4.78, 5) is 11.5. The molecule has 0 aliphatic heterocycles. The van der Waals surface area contributed by atoms with Crippen molar-refractivity contribution < 1.29 is 13.2 Å². The summed E-state index contributed by atoms with van der Waals surface area (Å²) >= 11 is 6.53. The van der Waals surface area contributed by atoms with Crippen LogP contribution in [0.15, 0.2) is 6.33 Å². The highest BCUT2D eigenvalue weighted by Crippen LogP contribution is 2.28. The van der Waals surface area contributed by atoms with E-state index < -0.39 is 12.6 Å². The van der Waals surface area contributed by atoms with Gasteiger partial charge in [-0.2, -0.15) is 13.2 Å². The Labute approximate surface area is 90.9 Å². The lowest BCUT2D eigenvalue weighted by Gasteiger charge is -2.00.